The summed E-state index contributed by atoms with van der Waals surface area (Å²) in [5, 5.41) is 43.4. The molecule has 0 aliphatic heterocycles. The van der Waals surface area contributed by atoms with E-state index in [2.05, 4.69) is 10.6 Å². The van der Waals surface area contributed by atoms with Gasteiger partial charge >= 0.3 is 35.0 Å². The Balaban J connectivity index is 0.000000762. The summed E-state index contributed by atoms with van der Waals surface area (Å²) in [5.41, 5.74) is 12.1. The van der Waals surface area contributed by atoms with Gasteiger partial charge in [0, 0.05) is 25.9 Å². The van der Waals surface area contributed by atoms with Gasteiger partial charge in [-0.1, -0.05) is 48.5 Å². The van der Waals surface area contributed by atoms with Gasteiger partial charge in [-0.15, -0.1) is 0 Å². The minimum Gasteiger partial charge on any atom is -0.545 e. The molecule has 0 aliphatic rings. The molecule has 2 amide bonds. The number of carboxylic acids is 4. The summed E-state index contributed by atoms with van der Waals surface area (Å²) in [7, 11) is 0. The van der Waals surface area contributed by atoms with Crippen LogP contribution in [0, 0.1) is 0 Å². The van der Waals surface area contributed by atoms with Crippen molar-refractivity contribution in [3.8, 4) is 0 Å². The Hall–Kier alpha value is -4.05. The predicted molar refractivity (Wildman–Crippen MR) is 141 cm³/mol. The molecule has 2 rings (SSSR count). The third-order valence-corrected chi connectivity index (χ3v) is 5.36. The first kappa shape index (κ1) is 36.9. The molecular formula is C26H30MgN4O10. The van der Waals surface area contributed by atoms with Crippen LogP contribution in [0.3, 0.4) is 0 Å². The quantitative estimate of drug-likeness (QED) is 0.125. The van der Waals surface area contributed by atoms with E-state index in [-0.39, 0.29) is 84.8 Å². The molecule has 0 aromatic heterocycles. The normalized spacial score (nSPS) is 11.4. The summed E-state index contributed by atoms with van der Waals surface area (Å²) >= 11 is 0. The van der Waals surface area contributed by atoms with E-state index in [4.69, 9.17) is 21.7 Å². The Bertz CT molecular complexity index is 1100. The van der Waals surface area contributed by atoms with Crippen molar-refractivity contribution >= 4 is 58.7 Å². The van der Waals surface area contributed by atoms with Crippen molar-refractivity contribution in [1.29, 1.82) is 0 Å². The molecule has 0 saturated carbocycles. The average Bonchev–Trinajstić information content (AvgIpc) is 2.92. The van der Waals surface area contributed by atoms with Crippen LogP contribution in [0.25, 0.3) is 0 Å². The van der Waals surface area contributed by atoms with Crippen LogP contribution in [0.4, 0.5) is 0 Å². The Labute approximate surface area is 251 Å². The Morgan fingerprint density at radius 2 is 0.927 bits per heavy atom. The van der Waals surface area contributed by atoms with Crippen molar-refractivity contribution in [1.82, 2.24) is 10.6 Å². The standard InChI is InChI=1S/2C13H16N2O5.Mg/c2*14-10(13(19)20)5-6-11(16)15-7-8-1-3-9(4-2-8)12(17)18;/h2*1-4,10H,5-7,14H2,(H,15,16)(H,17,18)(H,19,20);/q;;+2/p-2/t2*10-;/m00./s1. The van der Waals surface area contributed by atoms with Gasteiger partial charge < -0.3 is 52.1 Å². The molecule has 2 aromatic carbocycles. The van der Waals surface area contributed by atoms with E-state index in [0.717, 1.165) is 11.1 Å². The van der Waals surface area contributed by atoms with Crippen LogP contribution in [0.15, 0.2) is 48.5 Å². The van der Waals surface area contributed by atoms with Gasteiger partial charge in [-0.2, -0.15) is 0 Å². The average molecular weight is 583 g/mol. The monoisotopic (exact) mass is 582 g/mol. The molecule has 15 heteroatoms. The number of aliphatic carboxylic acids is 2. The molecular weight excluding hydrogens is 553 g/mol. The smallest absolute Gasteiger partial charge is 0.545 e. The van der Waals surface area contributed by atoms with E-state index >= 15 is 0 Å². The largest absolute Gasteiger partial charge is 2.00 e. The maximum absolute atomic E-state index is 11.5. The second-order valence-corrected chi connectivity index (χ2v) is 8.49. The number of hydrogen-bond acceptors (Lipinski definition) is 10. The topological polar surface area (TPSA) is 265 Å². The van der Waals surface area contributed by atoms with Gasteiger partial charge in [0.2, 0.25) is 11.8 Å². The van der Waals surface area contributed by atoms with E-state index in [1.165, 1.54) is 24.3 Å². The number of rotatable bonds is 14. The number of carboxylic acid groups (broad SMARTS) is 4. The first-order valence-corrected chi connectivity index (χ1v) is 11.9. The maximum Gasteiger partial charge on any atom is 2.00 e. The molecule has 14 nitrogen and oxygen atoms in total. The van der Waals surface area contributed by atoms with Crippen molar-refractivity contribution in [3.05, 3.63) is 70.8 Å². The van der Waals surface area contributed by atoms with Crippen LogP contribution in [0.5, 0.6) is 0 Å². The SMILES string of the molecule is N[C@@H](CCC(=O)NCc1ccc(C(=O)[O-])cc1)C(=O)O.N[C@@H](CCC(=O)NCc1ccc(C(=O)[O-])cc1)C(=O)O.[Mg+2]. The zero-order valence-electron chi connectivity index (χ0n) is 22.0. The van der Waals surface area contributed by atoms with Gasteiger partial charge in [-0.25, -0.2) is 0 Å². The summed E-state index contributed by atoms with van der Waals surface area (Å²) in [4.78, 5) is 64.9. The predicted octanol–water partition coefficient (Wildman–Crippen LogP) is -2.66. The summed E-state index contributed by atoms with van der Waals surface area (Å²) in [6, 6.07) is 9.69. The number of nitrogens with two attached hydrogens (primary N) is 2. The minimum atomic E-state index is -1.26. The zero-order chi connectivity index (χ0) is 30.2. The molecule has 2 atom stereocenters. The van der Waals surface area contributed by atoms with Gasteiger partial charge in [0.15, 0.2) is 0 Å². The Morgan fingerprint density at radius 1 is 0.634 bits per heavy atom. The van der Waals surface area contributed by atoms with Crippen LogP contribution in [0.2, 0.25) is 0 Å². The number of amides is 2. The maximum atomic E-state index is 11.5. The third-order valence-electron chi connectivity index (χ3n) is 5.36. The van der Waals surface area contributed by atoms with E-state index < -0.39 is 36.0 Å². The van der Waals surface area contributed by atoms with Crippen molar-refractivity contribution in [2.45, 2.75) is 50.9 Å². The van der Waals surface area contributed by atoms with Gasteiger partial charge in [-0.3, -0.25) is 19.2 Å². The molecule has 0 heterocycles. The van der Waals surface area contributed by atoms with Crippen LogP contribution in [-0.2, 0) is 32.3 Å². The first-order valence-electron chi connectivity index (χ1n) is 11.9. The van der Waals surface area contributed by atoms with Crippen LogP contribution < -0.4 is 32.3 Å². The third kappa shape index (κ3) is 15.4. The number of carbonyl (C=O) groups is 6. The molecule has 8 N–H and O–H groups in total. The molecule has 0 saturated heterocycles. The molecule has 0 bridgehead atoms. The molecule has 0 radical (unpaired) electrons. The Morgan fingerprint density at radius 3 is 1.17 bits per heavy atom. The summed E-state index contributed by atoms with van der Waals surface area (Å²) in [6.07, 6.45) is 0.158. The second kappa shape index (κ2) is 19.1. The fourth-order valence-electron chi connectivity index (χ4n) is 2.92. The number of benzene rings is 2. The molecule has 0 fully saturated rings. The summed E-state index contributed by atoms with van der Waals surface area (Å²) in [5.74, 6) is -5.44. The second-order valence-electron chi connectivity index (χ2n) is 8.49. The summed E-state index contributed by atoms with van der Waals surface area (Å²) in [6.45, 7) is 0.461. The van der Waals surface area contributed by atoms with E-state index in [9.17, 15) is 39.0 Å². The summed E-state index contributed by atoms with van der Waals surface area (Å²) < 4.78 is 0. The van der Waals surface area contributed by atoms with Crippen LogP contribution in [-0.4, -0.2) is 81.0 Å². The number of aromatic carboxylic acids is 2. The van der Waals surface area contributed by atoms with Crippen molar-refractivity contribution in [3.63, 3.8) is 0 Å². The number of nitrogens with one attached hydrogen (secondary N) is 2. The van der Waals surface area contributed by atoms with Gasteiger partial charge in [0.05, 0.1) is 11.9 Å². The molecule has 0 spiro atoms. The van der Waals surface area contributed by atoms with E-state index in [1.54, 1.807) is 24.3 Å². The zero-order valence-corrected chi connectivity index (χ0v) is 23.5. The molecule has 2 aromatic rings. The van der Waals surface area contributed by atoms with Gasteiger partial charge in [0.25, 0.3) is 0 Å². The first-order chi connectivity index (χ1) is 18.8. The molecule has 0 unspecified atom stereocenters. The van der Waals surface area contributed by atoms with Crippen molar-refractivity contribution in [2.24, 2.45) is 11.5 Å². The van der Waals surface area contributed by atoms with Crippen LogP contribution in [0.1, 0.15) is 57.5 Å². The van der Waals surface area contributed by atoms with Crippen molar-refractivity contribution < 1.29 is 49.2 Å². The fraction of sp³-hybridized carbons (Fsp3) is 0.308. The molecule has 41 heavy (non-hydrogen) atoms. The molecule has 216 valence electrons. The van der Waals surface area contributed by atoms with Gasteiger partial charge in [-0.05, 0) is 35.1 Å². The molecule has 0 aliphatic carbocycles. The Kier molecular flexibility index (Phi) is 17.2. The van der Waals surface area contributed by atoms with Gasteiger partial charge in [0.1, 0.15) is 12.1 Å². The van der Waals surface area contributed by atoms with E-state index in [1.807, 2.05) is 0 Å². The van der Waals surface area contributed by atoms with E-state index in [0.29, 0.717) is 0 Å². The number of hydrogen-bond donors (Lipinski definition) is 6. The number of carbonyl (C=O) groups excluding carboxylic acids is 4. The fourth-order valence-corrected chi connectivity index (χ4v) is 2.92. The van der Waals surface area contributed by atoms with Crippen molar-refractivity contribution in [2.75, 3.05) is 0 Å². The van der Waals surface area contributed by atoms with Crippen LogP contribution >= 0.6 is 0 Å². The minimum absolute atomic E-state index is 0.